The zero-order valence-corrected chi connectivity index (χ0v) is 14.2. The summed E-state index contributed by atoms with van der Waals surface area (Å²) in [5.41, 5.74) is 7.90. The Morgan fingerprint density at radius 3 is 2.96 bits per heavy atom. The first kappa shape index (κ1) is 16.1. The maximum atomic E-state index is 12.0. The number of carbonyl (C=O) groups excluding carboxylic acids is 1. The molecule has 3 heterocycles. The molecule has 0 aliphatic carbocycles. The van der Waals surface area contributed by atoms with Crippen LogP contribution in [0.5, 0.6) is 0 Å². The number of rotatable bonds is 1. The number of nitrogen functional groups attached to an aromatic ring is 1. The van der Waals surface area contributed by atoms with Gasteiger partial charge in [0.05, 0.1) is 11.2 Å². The SMILES string of the molecule is CN1CC[C@@](O)(C#Cc2cccc(-c3ccc4[nH]nc(N)c4n3)c2)C1=O. The topological polar surface area (TPSA) is 108 Å². The summed E-state index contributed by atoms with van der Waals surface area (Å²) >= 11 is 0. The smallest absolute Gasteiger partial charge is 0.267 e. The van der Waals surface area contributed by atoms with E-state index in [4.69, 9.17) is 5.73 Å². The maximum Gasteiger partial charge on any atom is 0.267 e. The highest BCUT2D eigenvalue weighted by atomic mass is 16.3. The van der Waals surface area contributed by atoms with E-state index in [2.05, 4.69) is 27.0 Å². The third kappa shape index (κ3) is 2.66. The van der Waals surface area contributed by atoms with Crippen molar-refractivity contribution in [3.05, 3.63) is 42.0 Å². The van der Waals surface area contributed by atoms with Crippen LogP contribution in [0.1, 0.15) is 12.0 Å². The number of fused-ring (bicyclic) bond motifs is 1. The van der Waals surface area contributed by atoms with Crippen LogP contribution < -0.4 is 5.73 Å². The van der Waals surface area contributed by atoms with Gasteiger partial charge in [0.2, 0.25) is 5.60 Å². The van der Waals surface area contributed by atoms with E-state index < -0.39 is 5.60 Å². The number of likely N-dealkylation sites (tertiary alicyclic amines) is 1. The molecular weight excluding hydrogens is 330 g/mol. The molecule has 0 bridgehead atoms. The van der Waals surface area contributed by atoms with E-state index in [1.165, 1.54) is 4.90 Å². The van der Waals surface area contributed by atoms with Crippen molar-refractivity contribution in [3.63, 3.8) is 0 Å². The van der Waals surface area contributed by atoms with Crippen molar-refractivity contribution in [2.45, 2.75) is 12.0 Å². The van der Waals surface area contributed by atoms with Gasteiger partial charge in [-0.3, -0.25) is 9.89 Å². The predicted molar refractivity (Wildman–Crippen MR) is 97.8 cm³/mol. The molecule has 0 radical (unpaired) electrons. The Bertz CT molecular complexity index is 1080. The fourth-order valence-electron chi connectivity index (χ4n) is 2.98. The first-order valence-corrected chi connectivity index (χ1v) is 8.18. The van der Waals surface area contributed by atoms with Gasteiger partial charge >= 0.3 is 0 Å². The molecule has 1 amide bonds. The van der Waals surface area contributed by atoms with Gasteiger partial charge in [-0.25, -0.2) is 4.98 Å². The van der Waals surface area contributed by atoms with E-state index in [1.54, 1.807) is 7.05 Å². The van der Waals surface area contributed by atoms with E-state index in [9.17, 15) is 9.90 Å². The standard InChI is InChI=1S/C19H17N5O2/c1-24-10-9-19(26,18(24)25)8-7-12-3-2-4-13(11-12)14-5-6-15-16(21-14)17(20)23-22-15/h2-6,11,26H,9-10H2,1H3,(H3,20,22,23)/t19-/m0/s1. The van der Waals surface area contributed by atoms with E-state index >= 15 is 0 Å². The number of nitrogens with two attached hydrogens (primary N) is 1. The van der Waals surface area contributed by atoms with Crippen LogP contribution in [0.4, 0.5) is 5.82 Å². The number of benzene rings is 1. The lowest BCUT2D eigenvalue weighted by Crippen LogP contribution is -2.37. The van der Waals surface area contributed by atoms with Crippen molar-refractivity contribution in [2.24, 2.45) is 0 Å². The Morgan fingerprint density at radius 1 is 1.35 bits per heavy atom. The van der Waals surface area contributed by atoms with Crippen LogP contribution in [0.25, 0.3) is 22.3 Å². The first-order valence-electron chi connectivity index (χ1n) is 8.18. The lowest BCUT2D eigenvalue weighted by Gasteiger charge is -2.13. The first-order chi connectivity index (χ1) is 12.5. The monoisotopic (exact) mass is 347 g/mol. The van der Waals surface area contributed by atoms with Crippen molar-refractivity contribution in [1.29, 1.82) is 0 Å². The Morgan fingerprint density at radius 2 is 2.19 bits per heavy atom. The summed E-state index contributed by atoms with van der Waals surface area (Å²) in [7, 11) is 1.66. The second-order valence-corrected chi connectivity index (χ2v) is 6.37. The summed E-state index contributed by atoms with van der Waals surface area (Å²) in [5.74, 6) is 5.63. The van der Waals surface area contributed by atoms with Crippen molar-refractivity contribution >= 4 is 22.8 Å². The summed E-state index contributed by atoms with van der Waals surface area (Å²) in [5, 5.41) is 17.2. The summed E-state index contributed by atoms with van der Waals surface area (Å²) in [6.45, 7) is 0.500. The van der Waals surface area contributed by atoms with Crippen LogP contribution in [0.3, 0.4) is 0 Å². The van der Waals surface area contributed by atoms with Gasteiger partial charge in [0.1, 0.15) is 5.52 Å². The zero-order valence-electron chi connectivity index (χ0n) is 14.2. The van der Waals surface area contributed by atoms with E-state index in [0.717, 1.165) is 16.8 Å². The zero-order chi connectivity index (χ0) is 18.3. The molecule has 7 heteroatoms. The predicted octanol–water partition coefficient (Wildman–Crippen LogP) is 1.15. The summed E-state index contributed by atoms with van der Waals surface area (Å²) in [6.07, 6.45) is 0.313. The number of pyridine rings is 1. The third-order valence-corrected chi connectivity index (χ3v) is 4.52. The third-order valence-electron chi connectivity index (χ3n) is 4.52. The molecule has 0 unspecified atom stereocenters. The molecule has 1 fully saturated rings. The van der Waals surface area contributed by atoms with Gasteiger partial charge in [0, 0.05) is 31.1 Å². The highest BCUT2D eigenvalue weighted by Crippen LogP contribution is 2.24. The number of hydrogen-bond acceptors (Lipinski definition) is 5. The molecule has 1 saturated heterocycles. The van der Waals surface area contributed by atoms with Crippen molar-refractivity contribution in [1.82, 2.24) is 20.1 Å². The molecule has 7 nitrogen and oxygen atoms in total. The van der Waals surface area contributed by atoms with Gasteiger partial charge in [-0.05, 0) is 24.3 Å². The van der Waals surface area contributed by atoms with Crippen LogP contribution in [0.2, 0.25) is 0 Å². The largest absolute Gasteiger partial charge is 0.380 e. The van der Waals surface area contributed by atoms with Gasteiger partial charge < -0.3 is 15.7 Å². The average Bonchev–Trinajstić information content (AvgIpc) is 3.16. The molecule has 1 aliphatic rings. The molecule has 1 aromatic carbocycles. The molecule has 4 rings (SSSR count). The number of nitrogens with one attached hydrogen (secondary N) is 1. The normalized spacial score (nSPS) is 19.6. The second kappa shape index (κ2) is 5.86. The fourth-order valence-corrected chi connectivity index (χ4v) is 2.98. The van der Waals surface area contributed by atoms with Gasteiger partial charge in [-0.15, -0.1) is 0 Å². The minimum atomic E-state index is -1.60. The number of amides is 1. The highest BCUT2D eigenvalue weighted by Gasteiger charge is 2.42. The summed E-state index contributed by atoms with van der Waals surface area (Å²) in [6, 6.07) is 11.2. The van der Waals surface area contributed by atoms with Gasteiger partial charge in [0.25, 0.3) is 5.91 Å². The number of nitrogens with zero attached hydrogens (tertiary/aromatic N) is 3. The number of carbonyl (C=O) groups is 1. The number of aliphatic hydroxyl groups is 1. The molecule has 0 spiro atoms. The van der Waals surface area contributed by atoms with Crippen molar-refractivity contribution < 1.29 is 9.90 Å². The fraction of sp³-hybridized carbons (Fsp3) is 0.211. The molecule has 1 atom stereocenters. The molecule has 2 aromatic heterocycles. The van der Waals surface area contributed by atoms with E-state index in [1.807, 2.05) is 36.4 Å². The number of likely N-dealkylation sites (N-methyl/N-ethyl adjacent to an activating group) is 1. The number of anilines is 1. The Hall–Kier alpha value is -3.37. The number of hydrogen-bond donors (Lipinski definition) is 3. The molecule has 4 N–H and O–H groups in total. The number of aromatic amines is 1. The van der Waals surface area contributed by atoms with Crippen LogP contribution in [0.15, 0.2) is 36.4 Å². The molecular formula is C19H17N5O2. The molecule has 130 valence electrons. The second-order valence-electron chi connectivity index (χ2n) is 6.37. The van der Waals surface area contributed by atoms with Crippen LogP contribution in [0, 0.1) is 11.8 Å². The Balaban J connectivity index is 1.68. The quantitative estimate of drug-likeness (QED) is 0.572. The summed E-state index contributed by atoms with van der Waals surface area (Å²) in [4.78, 5) is 18.0. The van der Waals surface area contributed by atoms with Crippen molar-refractivity contribution in [3.8, 4) is 23.1 Å². The minimum Gasteiger partial charge on any atom is -0.380 e. The number of H-pyrrole nitrogens is 1. The van der Waals surface area contributed by atoms with Crippen LogP contribution >= 0.6 is 0 Å². The maximum absolute atomic E-state index is 12.0. The van der Waals surface area contributed by atoms with E-state index in [0.29, 0.717) is 29.9 Å². The lowest BCUT2D eigenvalue weighted by molar-refractivity contribution is -0.137. The van der Waals surface area contributed by atoms with Gasteiger partial charge in [-0.1, -0.05) is 24.0 Å². The van der Waals surface area contributed by atoms with Gasteiger partial charge in [0.15, 0.2) is 5.82 Å². The van der Waals surface area contributed by atoms with Crippen LogP contribution in [-0.2, 0) is 4.79 Å². The van der Waals surface area contributed by atoms with Crippen molar-refractivity contribution in [2.75, 3.05) is 19.3 Å². The Kier molecular flexibility index (Phi) is 3.63. The van der Waals surface area contributed by atoms with E-state index in [-0.39, 0.29) is 5.91 Å². The molecule has 26 heavy (non-hydrogen) atoms. The number of aromatic nitrogens is 3. The van der Waals surface area contributed by atoms with Gasteiger partial charge in [-0.2, -0.15) is 5.10 Å². The Labute approximate surface area is 149 Å². The van der Waals surface area contributed by atoms with Crippen LogP contribution in [-0.4, -0.2) is 50.3 Å². The molecule has 0 saturated carbocycles. The lowest BCUT2D eigenvalue weighted by atomic mass is 10.0. The minimum absolute atomic E-state index is 0.313. The molecule has 3 aromatic rings. The summed E-state index contributed by atoms with van der Waals surface area (Å²) < 4.78 is 0. The average molecular weight is 347 g/mol. The molecule has 1 aliphatic heterocycles. The highest BCUT2D eigenvalue weighted by molar-refractivity contribution is 5.90.